The minimum absolute atomic E-state index is 0.0347. The first kappa shape index (κ1) is 17.7. The summed E-state index contributed by atoms with van der Waals surface area (Å²) in [5.74, 6) is -2.20. The number of amides is 3. The molecule has 1 fully saturated rings. The number of hydroxylamine groups is 2. The van der Waals surface area contributed by atoms with Gasteiger partial charge in [-0.3, -0.25) is 14.4 Å². The molecule has 1 atom stereocenters. The van der Waals surface area contributed by atoms with E-state index in [1.54, 1.807) is 19.1 Å². The maximum atomic E-state index is 12.0. The molecule has 2 rings (SSSR count). The minimum Gasteiger partial charge on any atom is -0.326 e. The Bertz CT molecular complexity index is 666. The van der Waals surface area contributed by atoms with Crippen molar-refractivity contribution in [3.63, 3.8) is 0 Å². The zero-order chi connectivity index (χ0) is 17.9. The van der Waals surface area contributed by atoms with Gasteiger partial charge in [-0.25, -0.2) is 4.79 Å². The van der Waals surface area contributed by atoms with Crippen molar-refractivity contribution >= 4 is 29.4 Å². The van der Waals surface area contributed by atoms with E-state index < -0.39 is 23.7 Å². The number of carbonyl (C=O) groups excluding carboxylic acids is 4. The number of benzene rings is 1. The fourth-order valence-electron chi connectivity index (χ4n) is 2.26. The number of rotatable bonds is 5. The fourth-order valence-corrected chi connectivity index (χ4v) is 2.26. The first-order valence-electron chi connectivity index (χ1n) is 7.77. The van der Waals surface area contributed by atoms with Gasteiger partial charge in [-0.1, -0.05) is 20.8 Å². The highest BCUT2D eigenvalue weighted by Gasteiger charge is 2.39. The van der Waals surface area contributed by atoms with Crippen molar-refractivity contribution in [2.45, 2.75) is 33.6 Å². The Balaban J connectivity index is 1.97. The van der Waals surface area contributed by atoms with Crippen LogP contribution in [0.2, 0.25) is 0 Å². The lowest BCUT2D eigenvalue weighted by atomic mass is 10.1. The third kappa shape index (κ3) is 4.18. The number of nitrogens with zero attached hydrogens (tertiary/aromatic N) is 1. The largest absolute Gasteiger partial charge is 0.363 e. The second kappa shape index (κ2) is 7.25. The molecule has 0 aromatic heterocycles. The standard InChI is InChI=1S/C17H20N2O5/c1-10(2)8-14(20)18-13-6-4-12(5-7-13)17(23)24-19-15(21)9-11(3)16(19)22/h4-7,10-11H,8-9H2,1-3H3,(H,18,20). The molecule has 1 aliphatic heterocycles. The molecule has 0 spiro atoms. The van der Waals surface area contributed by atoms with Crippen LogP contribution < -0.4 is 5.32 Å². The number of anilines is 1. The summed E-state index contributed by atoms with van der Waals surface area (Å²) in [5.41, 5.74) is 0.733. The van der Waals surface area contributed by atoms with E-state index in [4.69, 9.17) is 4.84 Å². The molecule has 3 amide bonds. The zero-order valence-corrected chi connectivity index (χ0v) is 13.9. The van der Waals surface area contributed by atoms with Crippen molar-refractivity contribution < 1.29 is 24.0 Å². The molecule has 7 heteroatoms. The van der Waals surface area contributed by atoms with Crippen LogP contribution in [0.5, 0.6) is 0 Å². The van der Waals surface area contributed by atoms with E-state index in [2.05, 4.69) is 5.32 Å². The third-order valence-corrected chi connectivity index (χ3v) is 3.50. The van der Waals surface area contributed by atoms with Gasteiger partial charge in [-0.05, 0) is 30.2 Å². The molecule has 0 aliphatic carbocycles. The van der Waals surface area contributed by atoms with E-state index in [0.717, 1.165) is 0 Å². The van der Waals surface area contributed by atoms with Gasteiger partial charge in [-0.15, -0.1) is 5.06 Å². The Morgan fingerprint density at radius 3 is 2.38 bits per heavy atom. The Kier molecular flexibility index (Phi) is 5.33. The Morgan fingerprint density at radius 2 is 1.88 bits per heavy atom. The number of carbonyl (C=O) groups is 4. The lowest BCUT2D eigenvalue weighted by Gasteiger charge is -2.13. The first-order chi connectivity index (χ1) is 11.3. The molecule has 1 unspecified atom stereocenters. The monoisotopic (exact) mass is 332 g/mol. The topological polar surface area (TPSA) is 92.8 Å². The highest BCUT2D eigenvalue weighted by Crippen LogP contribution is 2.20. The predicted octanol–water partition coefficient (Wildman–Crippen LogP) is 2.14. The van der Waals surface area contributed by atoms with Crippen LogP contribution in [-0.4, -0.2) is 28.8 Å². The second-order valence-corrected chi connectivity index (χ2v) is 6.23. The van der Waals surface area contributed by atoms with Gasteiger partial charge in [0.2, 0.25) is 5.91 Å². The maximum absolute atomic E-state index is 12.0. The van der Waals surface area contributed by atoms with Crippen molar-refractivity contribution in [1.82, 2.24) is 5.06 Å². The SMILES string of the molecule is CC(C)CC(=O)Nc1ccc(C(=O)ON2C(=O)CC(C)C2=O)cc1. The van der Waals surface area contributed by atoms with E-state index in [1.165, 1.54) is 12.1 Å². The van der Waals surface area contributed by atoms with Crippen LogP contribution in [0.1, 0.15) is 44.0 Å². The molecule has 1 saturated heterocycles. The van der Waals surface area contributed by atoms with Crippen LogP contribution in [0.25, 0.3) is 0 Å². The maximum Gasteiger partial charge on any atom is 0.363 e. The predicted molar refractivity (Wildman–Crippen MR) is 85.6 cm³/mol. The van der Waals surface area contributed by atoms with E-state index >= 15 is 0 Å². The second-order valence-electron chi connectivity index (χ2n) is 6.23. The van der Waals surface area contributed by atoms with E-state index in [9.17, 15) is 19.2 Å². The molecule has 0 bridgehead atoms. The van der Waals surface area contributed by atoms with Crippen molar-refractivity contribution in [2.24, 2.45) is 11.8 Å². The normalized spacial score (nSPS) is 17.3. The van der Waals surface area contributed by atoms with Gasteiger partial charge in [0.15, 0.2) is 0 Å². The van der Waals surface area contributed by atoms with Gasteiger partial charge in [0.05, 0.1) is 5.56 Å². The molecular weight excluding hydrogens is 312 g/mol. The molecule has 128 valence electrons. The molecule has 24 heavy (non-hydrogen) atoms. The highest BCUT2D eigenvalue weighted by atomic mass is 16.7. The van der Waals surface area contributed by atoms with Crippen LogP contribution in [0, 0.1) is 11.8 Å². The minimum atomic E-state index is -0.800. The smallest absolute Gasteiger partial charge is 0.326 e. The summed E-state index contributed by atoms with van der Waals surface area (Å²) in [5, 5.41) is 3.24. The average molecular weight is 332 g/mol. The summed E-state index contributed by atoms with van der Waals surface area (Å²) in [4.78, 5) is 51.9. The summed E-state index contributed by atoms with van der Waals surface area (Å²) in [6, 6.07) is 6.04. The summed E-state index contributed by atoms with van der Waals surface area (Å²) in [6.45, 7) is 5.49. The summed E-state index contributed by atoms with van der Waals surface area (Å²) >= 11 is 0. The Hall–Kier alpha value is -2.70. The van der Waals surface area contributed by atoms with Gasteiger partial charge in [0.25, 0.3) is 11.8 Å². The molecule has 0 radical (unpaired) electrons. The molecular formula is C17H20N2O5. The fraction of sp³-hybridized carbons (Fsp3) is 0.412. The third-order valence-electron chi connectivity index (χ3n) is 3.50. The summed E-state index contributed by atoms with van der Waals surface area (Å²) in [6.07, 6.45) is 0.439. The number of nitrogens with one attached hydrogen (secondary N) is 1. The van der Waals surface area contributed by atoms with Crippen LogP contribution in [0.4, 0.5) is 5.69 Å². The number of imide groups is 1. The van der Waals surface area contributed by atoms with Gasteiger partial charge in [-0.2, -0.15) is 0 Å². The van der Waals surface area contributed by atoms with Gasteiger partial charge in [0, 0.05) is 24.4 Å². The molecule has 1 heterocycles. The molecule has 1 N–H and O–H groups in total. The summed E-state index contributed by atoms with van der Waals surface area (Å²) < 4.78 is 0. The molecule has 7 nitrogen and oxygen atoms in total. The first-order valence-corrected chi connectivity index (χ1v) is 7.77. The van der Waals surface area contributed by atoms with Crippen LogP contribution in [-0.2, 0) is 19.2 Å². The van der Waals surface area contributed by atoms with Gasteiger partial charge in [0.1, 0.15) is 0 Å². The molecule has 1 aromatic carbocycles. The summed E-state index contributed by atoms with van der Waals surface area (Å²) in [7, 11) is 0. The van der Waals surface area contributed by atoms with Crippen LogP contribution in [0.3, 0.4) is 0 Å². The Morgan fingerprint density at radius 1 is 1.25 bits per heavy atom. The van der Waals surface area contributed by atoms with Gasteiger partial charge < -0.3 is 10.2 Å². The van der Waals surface area contributed by atoms with Crippen LogP contribution >= 0.6 is 0 Å². The lowest BCUT2D eigenvalue weighted by molar-refractivity contribution is -0.173. The van der Waals surface area contributed by atoms with Gasteiger partial charge >= 0.3 is 5.97 Å². The van der Waals surface area contributed by atoms with Crippen molar-refractivity contribution in [3.05, 3.63) is 29.8 Å². The Labute approximate surface area is 139 Å². The number of hydrogen-bond donors (Lipinski definition) is 1. The van der Waals surface area contributed by atoms with Crippen molar-refractivity contribution in [1.29, 1.82) is 0 Å². The van der Waals surface area contributed by atoms with E-state index in [1.807, 2.05) is 13.8 Å². The molecule has 0 saturated carbocycles. The van der Waals surface area contributed by atoms with Crippen LogP contribution in [0.15, 0.2) is 24.3 Å². The lowest BCUT2D eigenvalue weighted by Crippen LogP contribution is -2.33. The molecule has 1 aromatic rings. The number of hydrogen-bond acceptors (Lipinski definition) is 5. The van der Waals surface area contributed by atoms with E-state index in [-0.39, 0.29) is 23.8 Å². The van der Waals surface area contributed by atoms with Crippen molar-refractivity contribution in [3.8, 4) is 0 Å². The van der Waals surface area contributed by atoms with Crippen molar-refractivity contribution in [2.75, 3.05) is 5.32 Å². The van der Waals surface area contributed by atoms with E-state index in [0.29, 0.717) is 17.2 Å². The molecule has 1 aliphatic rings. The quantitative estimate of drug-likeness (QED) is 0.834. The highest BCUT2D eigenvalue weighted by molar-refractivity contribution is 6.04. The average Bonchev–Trinajstić information content (AvgIpc) is 2.73. The zero-order valence-electron chi connectivity index (χ0n) is 13.9.